The smallest absolute Gasteiger partial charge is 0.410 e. The lowest BCUT2D eigenvalue weighted by molar-refractivity contribution is -0.131. The van der Waals surface area contributed by atoms with Gasteiger partial charge in [-0.05, 0) is 59.3 Å². The molecule has 2 aliphatic heterocycles. The van der Waals surface area contributed by atoms with E-state index in [1.165, 1.54) is 6.42 Å². The summed E-state index contributed by atoms with van der Waals surface area (Å²) in [4.78, 5) is 26.8. The van der Waals surface area contributed by atoms with Crippen LogP contribution in [0.3, 0.4) is 0 Å². The van der Waals surface area contributed by atoms with Crippen LogP contribution in [0.15, 0.2) is 0 Å². The van der Waals surface area contributed by atoms with E-state index < -0.39 is 5.60 Å². The molecule has 0 aromatic rings. The highest BCUT2D eigenvalue weighted by atomic mass is 16.6. The van der Waals surface area contributed by atoms with E-state index in [2.05, 4.69) is 0 Å². The van der Waals surface area contributed by atoms with Crippen molar-refractivity contribution in [1.82, 2.24) is 4.90 Å². The Labute approximate surface area is 127 Å². The second-order valence-electron chi connectivity index (χ2n) is 7.97. The first-order valence-corrected chi connectivity index (χ1v) is 8.40. The second kappa shape index (κ2) is 5.29. The number of piperidine rings is 1. The van der Waals surface area contributed by atoms with Gasteiger partial charge in [0, 0.05) is 23.9 Å². The van der Waals surface area contributed by atoms with Crippen molar-refractivity contribution in [3.8, 4) is 0 Å². The Balaban J connectivity index is 1.64. The van der Waals surface area contributed by atoms with Crippen molar-refractivity contribution in [2.45, 2.75) is 83.4 Å². The van der Waals surface area contributed by atoms with Crippen LogP contribution in [0.25, 0.3) is 0 Å². The molecule has 1 aliphatic carbocycles. The maximum atomic E-state index is 12.5. The summed E-state index contributed by atoms with van der Waals surface area (Å²) in [6, 6.07) is 0.431. The molecule has 1 saturated carbocycles. The summed E-state index contributed by atoms with van der Waals surface area (Å²) in [6.07, 6.45) is 6.94. The van der Waals surface area contributed by atoms with Crippen molar-refractivity contribution in [2.24, 2.45) is 11.8 Å². The molecular weight excluding hydrogens is 266 g/mol. The Hall–Kier alpha value is -1.06. The molecule has 21 heavy (non-hydrogen) atoms. The monoisotopic (exact) mass is 293 g/mol. The van der Waals surface area contributed by atoms with Crippen LogP contribution in [0.2, 0.25) is 0 Å². The Bertz CT molecular complexity index is 422. The normalized spacial score (nSPS) is 32.7. The van der Waals surface area contributed by atoms with Crippen LogP contribution in [0.5, 0.6) is 0 Å². The Kier molecular flexibility index (Phi) is 3.74. The highest BCUT2D eigenvalue weighted by Gasteiger charge is 2.47. The summed E-state index contributed by atoms with van der Waals surface area (Å²) in [5.74, 6) is 0.982. The van der Waals surface area contributed by atoms with Gasteiger partial charge in [0.25, 0.3) is 0 Å². The van der Waals surface area contributed by atoms with Gasteiger partial charge < -0.3 is 9.64 Å². The molecule has 2 unspecified atom stereocenters. The summed E-state index contributed by atoms with van der Waals surface area (Å²) >= 11 is 0. The number of fused-ring (bicyclic) bond motifs is 2. The summed E-state index contributed by atoms with van der Waals surface area (Å²) in [6.45, 7) is 5.71. The predicted molar refractivity (Wildman–Crippen MR) is 80.0 cm³/mol. The summed E-state index contributed by atoms with van der Waals surface area (Å²) in [5.41, 5.74) is -0.449. The van der Waals surface area contributed by atoms with Crippen molar-refractivity contribution in [3.05, 3.63) is 0 Å². The number of hydrogen-bond acceptors (Lipinski definition) is 3. The standard InChI is InChI=1S/C17H27NO3/c1-17(2,3)21-16(20)18-13-7-8-14(18)10-12(9-13)15(19)11-5-4-6-11/h11-14H,4-10H2,1-3H3. The summed E-state index contributed by atoms with van der Waals surface area (Å²) in [5, 5.41) is 0. The lowest BCUT2D eigenvalue weighted by Gasteiger charge is -2.40. The molecule has 2 saturated heterocycles. The van der Waals surface area contributed by atoms with E-state index in [9.17, 15) is 9.59 Å². The Morgan fingerprint density at radius 2 is 1.52 bits per heavy atom. The van der Waals surface area contributed by atoms with Crippen LogP contribution in [0.1, 0.15) is 65.7 Å². The van der Waals surface area contributed by atoms with Crippen LogP contribution in [-0.2, 0) is 9.53 Å². The number of nitrogens with zero attached hydrogens (tertiary/aromatic N) is 1. The van der Waals surface area contributed by atoms with Crippen LogP contribution in [0, 0.1) is 11.8 Å². The molecule has 0 N–H and O–H groups in total. The zero-order valence-corrected chi connectivity index (χ0v) is 13.4. The first kappa shape index (κ1) is 14.9. The van der Waals surface area contributed by atoms with Gasteiger partial charge >= 0.3 is 6.09 Å². The van der Waals surface area contributed by atoms with Crippen molar-refractivity contribution in [3.63, 3.8) is 0 Å². The first-order chi connectivity index (χ1) is 9.85. The van der Waals surface area contributed by atoms with E-state index in [0.717, 1.165) is 38.5 Å². The highest BCUT2D eigenvalue weighted by molar-refractivity contribution is 5.84. The molecule has 0 spiro atoms. The fraction of sp³-hybridized carbons (Fsp3) is 0.882. The molecule has 0 aromatic carbocycles. The molecule has 118 valence electrons. The third-order valence-corrected chi connectivity index (χ3v) is 5.25. The van der Waals surface area contributed by atoms with Crippen molar-refractivity contribution in [1.29, 1.82) is 0 Å². The molecule has 2 atom stereocenters. The highest BCUT2D eigenvalue weighted by Crippen LogP contribution is 2.42. The minimum atomic E-state index is -0.449. The number of carbonyl (C=O) groups excluding carboxylic acids is 2. The van der Waals surface area contributed by atoms with Crippen LogP contribution < -0.4 is 0 Å². The van der Waals surface area contributed by atoms with Gasteiger partial charge in [0.05, 0.1) is 0 Å². The van der Waals surface area contributed by atoms with E-state index in [0.29, 0.717) is 11.7 Å². The van der Waals surface area contributed by atoms with E-state index in [4.69, 9.17) is 4.74 Å². The largest absolute Gasteiger partial charge is 0.444 e. The van der Waals surface area contributed by atoms with Gasteiger partial charge in [-0.3, -0.25) is 4.79 Å². The SMILES string of the molecule is CC(C)(C)OC(=O)N1C2CCC1CC(C(=O)C1CCC1)C2. The van der Waals surface area contributed by atoms with Crippen LogP contribution >= 0.6 is 0 Å². The van der Waals surface area contributed by atoms with E-state index in [-0.39, 0.29) is 24.1 Å². The second-order valence-corrected chi connectivity index (χ2v) is 7.97. The summed E-state index contributed by atoms with van der Waals surface area (Å²) < 4.78 is 5.54. The molecule has 0 radical (unpaired) electrons. The van der Waals surface area contributed by atoms with Gasteiger partial charge in [0.15, 0.2) is 0 Å². The molecule has 2 heterocycles. The fourth-order valence-electron chi connectivity index (χ4n) is 4.05. The molecule has 3 rings (SSSR count). The number of ether oxygens (including phenoxy) is 1. The molecule has 3 aliphatic rings. The number of amides is 1. The zero-order chi connectivity index (χ0) is 15.2. The predicted octanol–water partition coefficient (Wildman–Crippen LogP) is 3.53. The summed E-state index contributed by atoms with van der Waals surface area (Å²) in [7, 11) is 0. The van der Waals surface area contributed by atoms with E-state index in [1.807, 2.05) is 25.7 Å². The van der Waals surface area contributed by atoms with Crippen molar-refractivity contribution >= 4 is 11.9 Å². The van der Waals surface area contributed by atoms with Crippen LogP contribution in [-0.4, -0.2) is 34.5 Å². The van der Waals surface area contributed by atoms with Gasteiger partial charge in [0.2, 0.25) is 0 Å². The van der Waals surface area contributed by atoms with Gasteiger partial charge in [0.1, 0.15) is 11.4 Å². The number of hydrogen-bond donors (Lipinski definition) is 0. The molecule has 4 nitrogen and oxygen atoms in total. The minimum Gasteiger partial charge on any atom is -0.444 e. The average Bonchev–Trinajstić information content (AvgIpc) is 2.56. The number of carbonyl (C=O) groups is 2. The Morgan fingerprint density at radius 3 is 1.95 bits per heavy atom. The molecule has 2 bridgehead atoms. The third-order valence-electron chi connectivity index (χ3n) is 5.25. The maximum absolute atomic E-state index is 12.5. The van der Waals surface area contributed by atoms with Gasteiger partial charge in [-0.2, -0.15) is 0 Å². The van der Waals surface area contributed by atoms with Crippen LogP contribution in [0.4, 0.5) is 4.79 Å². The first-order valence-electron chi connectivity index (χ1n) is 8.40. The molecule has 3 fully saturated rings. The Morgan fingerprint density at radius 1 is 0.952 bits per heavy atom. The topological polar surface area (TPSA) is 46.6 Å². The van der Waals surface area contributed by atoms with Gasteiger partial charge in [-0.1, -0.05) is 6.42 Å². The quantitative estimate of drug-likeness (QED) is 0.782. The van der Waals surface area contributed by atoms with E-state index in [1.54, 1.807) is 0 Å². The van der Waals surface area contributed by atoms with Crippen molar-refractivity contribution < 1.29 is 14.3 Å². The maximum Gasteiger partial charge on any atom is 0.410 e. The van der Waals surface area contributed by atoms with Crippen molar-refractivity contribution in [2.75, 3.05) is 0 Å². The number of Topliss-reactive ketones (excluding diaryl/α,β-unsaturated/α-hetero) is 1. The molecule has 0 aromatic heterocycles. The number of rotatable bonds is 2. The molecular formula is C17H27NO3. The minimum absolute atomic E-state index is 0.187. The lowest BCUT2D eigenvalue weighted by Crippen LogP contribution is -2.50. The number of ketones is 1. The zero-order valence-electron chi connectivity index (χ0n) is 13.4. The molecule has 1 amide bonds. The molecule has 4 heteroatoms. The van der Waals surface area contributed by atoms with E-state index >= 15 is 0 Å². The van der Waals surface area contributed by atoms with Gasteiger partial charge in [-0.15, -0.1) is 0 Å². The lowest BCUT2D eigenvalue weighted by atomic mass is 9.74. The third kappa shape index (κ3) is 2.95. The average molecular weight is 293 g/mol. The fourth-order valence-corrected chi connectivity index (χ4v) is 4.05. The van der Waals surface area contributed by atoms with Gasteiger partial charge in [-0.25, -0.2) is 4.79 Å².